The number of ether oxygens (including phenoxy) is 1. The van der Waals surface area contributed by atoms with Crippen LogP contribution >= 0.6 is 23.3 Å². The third-order valence-corrected chi connectivity index (χ3v) is 3.38. The number of halogens is 1. The normalized spacial score (nSPS) is 23.7. The van der Waals surface area contributed by atoms with E-state index in [9.17, 15) is 0 Å². The van der Waals surface area contributed by atoms with Crippen molar-refractivity contribution in [1.29, 1.82) is 0 Å². The van der Waals surface area contributed by atoms with Gasteiger partial charge >= 0.3 is 0 Å². The monoisotopic (exact) mass is 233 g/mol. The molecule has 0 saturated carbocycles. The van der Waals surface area contributed by atoms with E-state index >= 15 is 0 Å². The van der Waals surface area contributed by atoms with Crippen LogP contribution in [-0.4, -0.2) is 28.0 Å². The van der Waals surface area contributed by atoms with Crippen molar-refractivity contribution in [1.82, 2.24) is 8.75 Å². The van der Waals surface area contributed by atoms with E-state index in [0.29, 0.717) is 22.9 Å². The maximum atomic E-state index is 5.83. The fourth-order valence-electron chi connectivity index (χ4n) is 1.54. The van der Waals surface area contributed by atoms with Crippen LogP contribution in [0.15, 0.2) is 0 Å². The van der Waals surface area contributed by atoms with Crippen LogP contribution in [-0.2, 0) is 4.74 Å². The molecule has 1 aliphatic rings. The number of aromatic nitrogens is 2. The van der Waals surface area contributed by atoms with E-state index in [1.54, 1.807) is 0 Å². The first-order valence-corrected chi connectivity index (χ1v) is 5.70. The van der Waals surface area contributed by atoms with Crippen molar-refractivity contribution < 1.29 is 4.74 Å². The predicted octanol–water partition coefficient (Wildman–Crippen LogP) is 2.03. The zero-order chi connectivity index (χ0) is 9.97. The van der Waals surface area contributed by atoms with Crippen molar-refractivity contribution in [3.8, 4) is 0 Å². The van der Waals surface area contributed by atoms with Gasteiger partial charge in [-0.1, -0.05) is 11.6 Å². The highest BCUT2D eigenvalue weighted by Crippen LogP contribution is 2.23. The Kier molecular flexibility index (Phi) is 3.20. The summed E-state index contributed by atoms with van der Waals surface area (Å²) in [5.74, 6) is 1.24. The number of hydrogen-bond acceptors (Lipinski definition) is 5. The Balaban J connectivity index is 1.93. The van der Waals surface area contributed by atoms with Crippen molar-refractivity contribution in [3.63, 3.8) is 0 Å². The lowest BCUT2D eigenvalue weighted by Crippen LogP contribution is -2.26. The minimum atomic E-state index is 0.332. The Morgan fingerprint density at radius 2 is 2.50 bits per heavy atom. The molecule has 0 amide bonds. The van der Waals surface area contributed by atoms with E-state index in [0.717, 1.165) is 31.4 Å². The summed E-state index contributed by atoms with van der Waals surface area (Å²) in [6, 6.07) is 0.332. The van der Waals surface area contributed by atoms with Crippen LogP contribution in [0.1, 0.15) is 13.3 Å². The first kappa shape index (κ1) is 10.1. The standard InChI is InChI=1S/C8H12ClN3OS/c1-5(6-2-3-13-4-6)10-8-7(9)11-14-12-8/h5-6H,2-4H2,1H3,(H,10,12). The van der Waals surface area contributed by atoms with Crippen LogP contribution in [0.2, 0.25) is 5.15 Å². The molecule has 0 aliphatic carbocycles. The van der Waals surface area contributed by atoms with Crippen LogP contribution < -0.4 is 5.32 Å². The zero-order valence-electron chi connectivity index (χ0n) is 7.86. The van der Waals surface area contributed by atoms with Gasteiger partial charge in [0.05, 0.1) is 18.3 Å². The summed E-state index contributed by atoms with van der Waals surface area (Å²) in [6.45, 7) is 3.80. The predicted molar refractivity (Wildman–Crippen MR) is 56.9 cm³/mol. The van der Waals surface area contributed by atoms with Gasteiger partial charge in [-0.15, -0.1) is 0 Å². The zero-order valence-corrected chi connectivity index (χ0v) is 9.44. The molecule has 1 saturated heterocycles. The molecule has 2 heterocycles. The Morgan fingerprint density at radius 1 is 1.64 bits per heavy atom. The minimum absolute atomic E-state index is 0.332. The third kappa shape index (κ3) is 2.16. The summed E-state index contributed by atoms with van der Waals surface area (Å²) in [7, 11) is 0. The van der Waals surface area contributed by atoms with E-state index in [1.165, 1.54) is 0 Å². The van der Waals surface area contributed by atoms with Crippen LogP contribution in [0, 0.1) is 5.92 Å². The molecule has 2 rings (SSSR count). The third-order valence-electron chi connectivity index (χ3n) is 2.48. The van der Waals surface area contributed by atoms with Gasteiger partial charge in [0.15, 0.2) is 11.0 Å². The van der Waals surface area contributed by atoms with Gasteiger partial charge in [0, 0.05) is 18.6 Å². The second-order valence-corrected chi connectivity index (χ2v) is 4.35. The van der Waals surface area contributed by atoms with Gasteiger partial charge in [0.25, 0.3) is 0 Å². The lowest BCUT2D eigenvalue weighted by atomic mass is 10.0. The SMILES string of the molecule is CC(Nc1nsnc1Cl)C1CCOC1. The first-order chi connectivity index (χ1) is 6.77. The fraction of sp³-hybridized carbons (Fsp3) is 0.750. The quantitative estimate of drug-likeness (QED) is 0.868. The first-order valence-electron chi connectivity index (χ1n) is 4.59. The van der Waals surface area contributed by atoms with Gasteiger partial charge in [0.1, 0.15) is 0 Å². The Hall–Kier alpha value is -0.390. The second-order valence-electron chi connectivity index (χ2n) is 3.46. The largest absolute Gasteiger partial charge is 0.381 e. The number of rotatable bonds is 3. The summed E-state index contributed by atoms with van der Waals surface area (Å²) in [4.78, 5) is 0. The highest BCUT2D eigenvalue weighted by Gasteiger charge is 2.23. The summed E-state index contributed by atoms with van der Waals surface area (Å²) in [5.41, 5.74) is 0. The number of nitrogens with one attached hydrogen (secondary N) is 1. The summed E-state index contributed by atoms with van der Waals surface area (Å²) in [5, 5.41) is 3.72. The summed E-state index contributed by atoms with van der Waals surface area (Å²) >= 11 is 6.96. The maximum Gasteiger partial charge on any atom is 0.186 e. The molecule has 1 fully saturated rings. The van der Waals surface area contributed by atoms with Gasteiger partial charge in [-0.05, 0) is 13.3 Å². The van der Waals surface area contributed by atoms with Crippen molar-refractivity contribution in [2.75, 3.05) is 18.5 Å². The Labute approximate surface area is 91.9 Å². The summed E-state index contributed by atoms with van der Waals surface area (Å²) < 4.78 is 13.3. The highest BCUT2D eigenvalue weighted by molar-refractivity contribution is 6.99. The fourth-order valence-corrected chi connectivity index (χ4v) is 2.20. The van der Waals surface area contributed by atoms with Gasteiger partial charge in [0.2, 0.25) is 0 Å². The summed E-state index contributed by atoms with van der Waals surface area (Å²) in [6.07, 6.45) is 1.10. The highest BCUT2D eigenvalue weighted by atomic mass is 35.5. The van der Waals surface area contributed by atoms with E-state index in [-0.39, 0.29) is 0 Å². The lowest BCUT2D eigenvalue weighted by Gasteiger charge is -2.18. The van der Waals surface area contributed by atoms with Crippen LogP contribution in [0.25, 0.3) is 0 Å². The van der Waals surface area contributed by atoms with Crippen LogP contribution in [0.5, 0.6) is 0 Å². The molecule has 1 aromatic heterocycles. The lowest BCUT2D eigenvalue weighted by molar-refractivity contribution is 0.183. The maximum absolute atomic E-state index is 5.83. The smallest absolute Gasteiger partial charge is 0.186 e. The molecule has 14 heavy (non-hydrogen) atoms. The van der Waals surface area contributed by atoms with Gasteiger partial charge in [-0.3, -0.25) is 0 Å². The molecule has 0 radical (unpaired) electrons. The van der Waals surface area contributed by atoms with Crippen molar-refractivity contribution in [2.45, 2.75) is 19.4 Å². The van der Waals surface area contributed by atoms with E-state index in [4.69, 9.17) is 16.3 Å². The Morgan fingerprint density at radius 3 is 3.07 bits per heavy atom. The van der Waals surface area contributed by atoms with Crippen molar-refractivity contribution in [3.05, 3.63) is 5.15 Å². The molecule has 78 valence electrons. The molecule has 1 aliphatic heterocycles. The molecule has 0 bridgehead atoms. The van der Waals surface area contributed by atoms with Gasteiger partial charge < -0.3 is 10.1 Å². The number of anilines is 1. The molecular weight excluding hydrogens is 222 g/mol. The van der Waals surface area contributed by atoms with Gasteiger partial charge in [-0.25, -0.2) is 0 Å². The molecule has 1 N–H and O–H groups in total. The molecule has 0 aromatic carbocycles. The van der Waals surface area contributed by atoms with Crippen LogP contribution in [0.3, 0.4) is 0 Å². The molecule has 6 heteroatoms. The van der Waals surface area contributed by atoms with Gasteiger partial charge in [-0.2, -0.15) is 8.75 Å². The minimum Gasteiger partial charge on any atom is -0.381 e. The molecule has 2 unspecified atom stereocenters. The van der Waals surface area contributed by atoms with Crippen molar-refractivity contribution >= 4 is 29.1 Å². The molecule has 4 nitrogen and oxygen atoms in total. The molecular formula is C8H12ClN3OS. The van der Waals surface area contributed by atoms with Crippen molar-refractivity contribution in [2.24, 2.45) is 5.92 Å². The molecule has 1 aromatic rings. The molecule has 0 spiro atoms. The average Bonchev–Trinajstić information content (AvgIpc) is 2.77. The number of hydrogen-bond donors (Lipinski definition) is 1. The Bertz CT molecular complexity index is 301. The van der Waals surface area contributed by atoms with Crippen LogP contribution in [0.4, 0.5) is 5.82 Å². The van der Waals surface area contributed by atoms with E-state index in [2.05, 4.69) is 21.0 Å². The topological polar surface area (TPSA) is 47.0 Å². The van der Waals surface area contributed by atoms with E-state index in [1.807, 2.05) is 0 Å². The average molecular weight is 234 g/mol. The van der Waals surface area contributed by atoms with E-state index < -0.39 is 0 Å². The second kappa shape index (κ2) is 4.42. The molecule has 2 atom stereocenters. The number of nitrogens with zero attached hydrogens (tertiary/aromatic N) is 2.